The summed E-state index contributed by atoms with van der Waals surface area (Å²) >= 11 is 12.5. The summed E-state index contributed by atoms with van der Waals surface area (Å²) in [6.45, 7) is 0. The van der Waals surface area contributed by atoms with Gasteiger partial charge in [-0.15, -0.1) is 10.2 Å². The van der Waals surface area contributed by atoms with Crippen LogP contribution in [0.3, 0.4) is 0 Å². The summed E-state index contributed by atoms with van der Waals surface area (Å²) in [6.07, 6.45) is -0.565. The van der Waals surface area contributed by atoms with Crippen molar-refractivity contribution in [1.29, 1.82) is 0 Å². The van der Waals surface area contributed by atoms with E-state index < -0.39 is 6.09 Å². The highest BCUT2D eigenvalue weighted by Gasteiger charge is 2.07. The monoisotopic (exact) mass is 360 g/mol. The fourth-order valence-corrected chi connectivity index (χ4v) is 2.01. The van der Waals surface area contributed by atoms with Gasteiger partial charge in [0.15, 0.2) is 17.4 Å². The van der Waals surface area contributed by atoms with E-state index in [0.29, 0.717) is 16.5 Å². The second-order valence-corrected chi connectivity index (χ2v) is 5.08. The maximum atomic E-state index is 10.9. The van der Waals surface area contributed by atoms with E-state index in [4.69, 9.17) is 32.1 Å². The summed E-state index contributed by atoms with van der Waals surface area (Å²) in [5.74, 6) is 0.672. The molecule has 1 heterocycles. The second kappa shape index (κ2) is 7.92. The van der Waals surface area contributed by atoms with E-state index in [2.05, 4.69) is 20.2 Å². The van der Waals surface area contributed by atoms with E-state index in [-0.39, 0.29) is 11.0 Å². The van der Waals surface area contributed by atoms with E-state index in [9.17, 15) is 4.79 Å². The Balaban J connectivity index is 1.97. The molecule has 0 aliphatic carbocycles. The van der Waals surface area contributed by atoms with Gasteiger partial charge in [-0.2, -0.15) is 0 Å². The molecule has 2 N–H and O–H groups in total. The highest BCUT2D eigenvalue weighted by atomic mass is 35.5. The Morgan fingerprint density at radius 3 is 2.68 bits per heavy atom. The van der Waals surface area contributed by atoms with Crippen molar-refractivity contribution >= 4 is 47.2 Å². The molecule has 0 bridgehead atoms. The van der Waals surface area contributed by atoms with Crippen LogP contribution in [-0.2, 0) is 4.18 Å². The molecule has 0 unspecified atom stereocenters. The van der Waals surface area contributed by atoms with Gasteiger partial charge in [0.25, 0.3) is 0 Å². The molecule has 0 saturated heterocycles. The third kappa shape index (κ3) is 4.83. The van der Waals surface area contributed by atoms with Crippen molar-refractivity contribution in [1.82, 2.24) is 15.5 Å². The number of nitrogens with zero attached hydrogens (tertiary/aromatic N) is 2. The number of nitrogens with one attached hydrogen (secondary N) is 2. The highest BCUT2D eigenvalue weighted by molar-refractivity contribution is 7.96. The van der Waals surface area contributed by atoms with Crippen LogP contribution < -0.4 is 14.8 Å². The topological polar surface area (TPSA) is 85.4 Å². The maximum Gasteiger partial charge on any atom is 0.420 e. The van der Waals surface area contributed by atoms with Crippen molar-refractivity contribution in [2.45, 2.75) is 0 Å². The predicted molar refractivity (Wildman–Crippen MR) is 85.3 cm³/mol. The van der Waals surface area contributed by atoms with Crippen molar-refractivity contribution < 1.29 is 13.7 Å². The summed E-state index contributed by atoms with van der Waals surface area (Å²) in [5, 5.41) is 10.4. The fraction of sp³-hybridized carbons (Fsp3) is 0.0833. The Hall–Kier alpha value is -1.90. The standard InChI is InChI=1S/C12H10Cl2N4O3S/c1-15-12(19)21-22-18-7-2-3-9(8(13)6-7)20-11-5-4-10(14)16-17-11/h2-6,18H,1H3,(H,15,19). The van der Waals surface area contributed by atoms with Crippen molar-refractivity contribution in [2.24, 2.45) is 0 Å². The Bertz CT molecular complexity index is 657. The first-order valence-electron chi connectivity index (χ1n) is 5.86. The van der Waals surface area contributed by atoms with Gasteiger partial charge in [0.1, 0.15) is 5.75 Å². The van der Waals surface area contributed by atoms with E-state index in [0.717, 1.165) is 12.2 Å². The number of benzene rings is 1. The van der Waals surface area contributed by atoms with E-state index in [1.54, 1.807) is 30.3 Å². The molecule has 1 aromatic carbocycles. The van der Waals surface area contributed by atoms with Crippen LogP contribution in [0.1, 0.15) is 0 Å². The minimum atomic E-state index is -0.565. The summed E-state index contributed by atoms with van der Waals surface area (Å²) in [5.41, 5.74) is 0.633. The fourth-order valence-electron chi connectivity index (χ4n) is 1.27. The Labute approximate surface area is 140 Å². The van der Waals surface area contributed by atoms with Gasteiger partial charge in [-0.05, 0) is 24.3 Å². The number of carbonyl (C=O) groups is 1. The lowest BCUT2D eigenvalue weighted by atomic mass is 10.3. The van der Waals surface area contributed by atoms with Gasteiger partial charge in [-0.1, -0.05) is 23.2 Å². The molecule has 0 radical (unpaired) electrons. The number of aromatic nitrogens is 2. The lowest BCUT2D eigenvalue weighted by molar-refractivity contribution is 0.211. The average molecular weight is 361 g/mol. The van der Waals surface area contributed by atoms with Gasteiger partial charge < -0.3 is 14.2 Å². The molecular formula is C12H10Cl2N4O3S. The van der Waals surface area contributed by atoms with Gasteiger partial charge in [0.05, 0.1) is 5.02 Å². The van der Waals surface area contributed by atoms with E-state index in [1.165, 1.54) is 7.05 Å². The molecule has 22 heavy (non-hydrogen) atoms. The van der Waals surface area contributed by atoms with E-state index in [1.807, 2.05) is 0 Å². The summed E-state index contributed by atoms with van der Waals surface area (Å²) < 4.78 is 13.0. The summed E-state index contributed by atoms with van der Waals surface area (Å²) in [4.78, 5) is 10.9. The molecule has 0 aliphatic rings. The van der Waals surface area contributed by atoms with Crippen molar-refractivity contribution in [3.63, 3.8) is 0 Å². The number of rotatable bonds is 5. The molecule has 1 amide bonds. The normalized spacial score (nSPS) is 9.95. The molecule has 2 aromatic rings. The largest absolute Gasteiger partial charge is 0.436 e. The third-order valence-corrected chi connectivity index (χ3v) is 3.29. The van der Waals surface area contributed by atoms with Crippen LogP contribution in [0.15, 0.2) is 30.3 Å². The molecule has 1 aromatic heterocycles. The first-order valence-corrected chi connectivity index (χ1v) is 7.36. The Kier molecular flexibility index (Phi) is 5.93. The van der Waals surface area contributed by atoms with Crippen LogP contribution in [0.4, 0.5) is 10.5 Å². The van der Waals surface area contributed by atoms with Crippen LogP contribution in [0.5, 0.6) is 11.6 Å². The minimum Gasteiger partial charge on any atom is -0.436 e. The van der Waals surface area contributed by atoms with Crippen molar-refractivity contribution in [2.75, 3.05) is 11.8 Å². The van der Waals surface area contributed by atoms with Gasteiger partial charge in [0, 0.05) is 18.8 Å². The Morgan fingerprint density at radius 2 is 2.05 bits per heavy atom. The number of halogens is 2. The number of hydrogen-bond donors (Lipinski definition) is 2. The van der Waals surface area contributed by atoms with Crippen LogP contribution >= 0.6 is 35.4 Å². The predicted octanol–water partition coefficient (Wildman–Crippen LogP) is 3.91. The average Bonchev–Trinajstić information content (AvgIpc) is 2.51. The molecule has 0 fully saturated rings. The molecule has 116 valence electrons. The zero-order valence-electron chi connectivity index (χ0n) is 11.2. The molecule has 0 spiro atoms. The molecular weight excluding hydrogens is 351 g/mol. The first-order chi connectivity index (χ1) is 10.6. The quantitative estimate of drug-likeness (QED) is 0.617. The molecule has 0 atom stereocenters. The molecule has 0 saturated carbocycles. The van der Waals surface area contributed by atoms with Gasteiger partial charge >= 0.3 is 6.09 Å². The number of carbonyl (C=O) groups excluding carboxylic acids is 1. The highest BCUT2D eigenvalue weighted by Crippen LogP contribution is 2.31. The van der Waals surface area contributed by atoms with Crippen LogP contribution in [-0.4, -0.2) is 23.3 Å². The van der Waals surface area contributed by atoms with Gasteiger partial charge in [0.2, 0.25) is 5.88 Å². The number of hydrogen-bond acceptors (Lipinski definition) is 7. The molecule has 2 rings (SSSR count). The number of amides is 1. The van der Waals surface area contributed by atoms with E-state index >= 15 is 0 Å². The molecule has 0 aliphatic heterocycles. The van der Waals surface area contributed by atoms with Crippen LogP contribution in [0.2, 0.25) is 10.2 Å². The van der Waals surface area contributed by atoms with Crippen LogP contribution in [0, 0.1) is 0 Å². The maximum absolute atomic E-state index is 10.9. The lowest BCUT2D eigenvalue weighted by Gasteiger charge is -2.09. The SMILES string of the molecule is CNC(=O)OSNc1ccc(Oc2ccc(Cl)nn2)c(Cl)c1. The zero-order valence-corrected chi connectivity index (χ0v) is 13.5. The number of anilines is 1. The second-order valence-electron chi connectivity index (χ2n) is 3.75. The van der Waals surface area contributed by atoms with Crippen molar-refractivity contribution in [3.05, 3.63) is 40.5 Å². The van der Waals surface area contributed by atoms with Crippen LogP contribution in [0.25, 0.3) is 0 Å². The van der Waals surface area contributed by atoms with Gasteiger partial charge in [-0.3, -0.25) is 4.72 Å². The zero-order chi connectivity index (χ0) is 15.9. The van der Waals surface area contributed by atoms with Gasteiger partial charge in [-0.25, -0.2) is 4.79 Å². The molecule has 7 nitrogen and oxygen atoms in total. The molecule has 10 heteroatoms. The first kappa shape index (κ1) is 16.5. The lowest BCUT2D eigenvalue weighted by Crippen LogP contribution is -2.16. The Morgan fingerprint density at radius 1 is 1.23 bits per heavy atom. The summed E-state index contributed by atoms with van der Waals surface area (Å²) in [6, 6.07) is 8.08. The third-order valence-electron chi connectivity index (χ3n) is 2.23. The number of ether oxygens (including phenoxy) is 1. The summed E-state index contributed by atoms with van der Waals surface area (Å²) in [7, 11) is 1.46. The van der Waals surface area contributed by atoms with Crippen molar-refractivity contribution in [3.8, 4) is 11.6 Å². The minimum absolute atomic E-state index is 0.268. The smallest absolute Gasteiger partial charge is 0.420 e.